The summed E-state index contributed by atoms with van der Waals surface area (Å²) in [5.41, 5.74) is 0.759. The maximum atomic E-state index is 11.7. The number of hydrogen-bond acceptors (Lipinski definition) is 3. The average molecular weight is 248 g/mol. The Morgan fingerprint density at radius 2 is 2.06 bits per heavy atom. The van der Waals surface area contributed by atoms with E-state index in [9.17, 15) is 9.59 Å². The molecule has 1 saturated carbocycles. The number of nitrogens with one attached hydrogen (secondary N) is 1. The maximum Gasteiger partial charge on any atom is 0.337 e. The molecule has 1 aliphatic carbocycles. The number of nitrogens with zero attached hydrogens (tertiary/aromatic N) is 1. The van der Waals surface area contributed by atoms with E-state index in [1.54, 1.807) is 30.1 Å². The summed E-state index contributed by atoms with van der Waals surface area (Å²) in [6.07, 6.45) is 2.09. The standard InChI is InChI=1S/C13H16N2O3/c1-15(8-12(16)14-9-6-7-9)11-5-3-2-4-10(11)13(17)18/h2-5,9H,6-8H2,1H3,(H,14,16)(H,17,18). The van der Waals surface area contributed by atoms with E-state index in [0.717, 1.165) is 12.8 Å². The van der Waals surface area contributed by atoms with Gasteiger partial charge in [0.15, 0.2) is 0 Å². The molecule has 0 spiro atoms. The second-order valence-corrected chi connectivity index (χ2v) is 4.52. The van der Waals surface area contributed by atoms with Gasteiger partial charge in [-0.15, -0.1) is 0 Å². The van der Waals surface area contributed by atoms with Crippen LogP contribution in [0.4, 0.5) is 5.69 Å². The van der Waals surface area contributed by atoms with Gasteiger partial charge in [-0.05, 0) is 25.0 Å². The topological polar surface area (TPSA) is 69.6 Å². The fraction of sp³-hybridized carbons (Fsp3) is 0.385. The molecule has 0 atom stereocenters. The molecular formula is C13H16N2O3. The summed E-state index contributed by atoms with van der Waals surface area (Å²) >= 11 is 0. The molecule has 5 nitrogen and oxygen atoms in total. The first-order valence-electron chi connectivity index (χ1n) is 5.90. The van der Waals surface area contributed by atoms with E-state index in [2.05, 4.69) is 5.32 Å². The van der Waals surface area contributed by atoms with E-state index in [1.165, 1.54) is 6.07 Å². The number of amides is 1. The Morgan fingerprint density at radius 3 is 2.67 bits per heavy atom. The van der Waals surface area contributed by atoms with Crippen molar-refractivity contribution in [2.45, 2.75) is 18.9 Å². The Bertz CT molecular complexity index is 469. The molecule has 1 fully saturated rings. The Labute approximate surface area is 105 Å². The van der Waals surface area contributed by atoms with Gasteiger partial charge in [-0.25, -0.2) is 4.79 Å². The smallest absolute Gasteiger partial charge is 0.337 e. The first-order valence-corrected chi connectivity index (χ1v) is 5.90. The van der Waals surface area contributed by atoms with Gasteiger partial charge in [-0.3, -0.25) is 4.79 Å². The third kappa shape index (κ3) is 3.00. The molecule has 1 amide bonds. The number of aromatic carboxylic acids is 1. The van der Waals surface area contributed by atoms with Crippen molar-refractivity contribution in [1.29, 1.82) is 0 Å². The van der Waals surface area contributed by atoms with Crippen LogP contribution >= 0.6 is 0 Å². The minimum absolute atomic E-state index is 0.0693. The lowest BCUT2D eigenvalue weighted by atomic mass is 10.1. The summed E-state index contributed by atoms with van der Waals surface area (Å²) in [6.45, 7) is 0.167. The Hall–Kier alpha value is -2.04. The van der Waals surface area contributed by atoms with Crippen LogP contribution < -0.4 is 10.2 Å². The van der Waals surface area contributed by atoms with Crippen molar-refractivity contribution in [3.8, 4) is 0 Å². The predicted molar refractivity (Wildman–Crippen MR) is 67.8 cm³/mol. The third-order valence-electron chi connectivity index (χ3n) is 2.87. The number of carbonyl (C=O) groups is 2. The zero-order valence-corrected chi connectivity index (χ0v) is 10.2. The Morgan fingerprint density at radius 1 is 1.39 bits per heavy atom. The van der Waals surface area contributed by atoms with Crippen LogP contribution in [0.3, 0.4) is 0 Å². The van der Waals surface area contributed by atoms with Crippen molar-refractivity contribution in [3.63, 3.8) is 0 Å². The molecule has 0 aromatic heterocycles. The van der Waals surface area contributed by atoms with Crippen molar-refractivity contribution in [3.05, 3.63) is 29.8 Å². The number of para-hydroxylation sites is 1. The summed E-state index contributed by atoms with van der Waals surface area (Å²) in [6, 6.07) is 6.99. The summed E-state index contributed by atoms with van der Waals surface area (Å²) in [4.78, 5) is 24.4. The van der Waals surface area contributed by atoms with Gasteiger partial charge in [0, 0.05) is 13.1 Å². The van der Waals surface area contributed by atoms with Gasteiger partial charge in [0.1, 0.15) is 0 Å². The molecule has 2 rings (SSSR count). The van der Waals surface area contributed by atoms with Crippen molar-refractivity contribution in [1.82, 2.24) is 5.32 Å². The van der Waals surface area contributed by atoms with Crippen molar-refractivity contribution < 1.29 is 14.7 Å². The molecule has 96 valence electrons. The molecule has 2 N–H and O–H groups in total. The van der Waals surface area contributed by atoms with Gasteiger partial charge >= 0.3 is 5.97 Å². The number of hydrogen-bond donors (Lipinski definition) is 2. The minimum Gasteiger partial charge on any atom is -0.478 e. The van der Waals surface area contributed by atoms with Gasteiger partial charge < -0.3 is 15.3 Å². The predicted octanol–water partition coefficient (Wildman–Crippen LogP) is 1.10. The summed E-state index contributed by atoms with van der Waals surface area (Å²) < 4.78 is 0. The Kier molecular flexibility index (Phi) is 3.50. The van der Waals surface area contributed by atoms with Crippen molar-refractivity contribution in [2.75, 3.05) is 18.5 Å². The highest BCUT2D eigenvalue weighted by Crippen LogP contribution is 2.20. The number of anilines is 1. The van der Waals surface area contributed by atoms with E-state index >= 15 is 0 Å². The van der Waals surface area contributed by atoms with Crippen LogP contribution in [0.15, 0.2) is 24.3 Å². The molecular weight excluding hydrogens is 232 g/mol. The van der Waals surface area contributed by atoms with Crippen LogP contribution in [-0.2, 0) is 4.79 Å². The highest BCUT2D eigenvalue weighted by atomic mass is 16.4. The lowest BCUT2D eigenvalue weighted by Crippen LogP contribution is -2.36. The SMILES string of the molecule is CN(CC(=O)NC1CC1)c1ccccc1C(=O)O. The fourth-order valence-corrected chi connectivity index (χ4v) is 1.79. The molecule has 0 aliphatic heterocycles. The molecule has 1 aliphatic rings. The highest BCUT2D eigenvalue weighted by Gasteiger charge is 2.24. The number of likely N-dealkylation sites (N-methyl/N-ethyl adjacent to an activating group) is 1. The fourth-order valence-electron chi connectivity index (χ4n) is 1.79. The van der Waals surface area contributed by atoms with Crippen LogP contribution in [-0.4, -0.2) is 36.6 Å². The molecule has 0 radical (unpaired) electrons. The molecule has 0 saturated heterocycles. The maximum absolute atomic E-state index is 11.7. The van der Waals surface area contributed by atoms with Crippen LogP contribution in [0.1, 0.15) is 23.2 Å². The zero-order chi connectivity index (χ0) is 13.1. The van der Waals surface area contributed by atoms with Gasteiger partial charge in [-0.1, -0.05) is 12.1 Å². The van der Waals surface area contributed by atoms with E-state index in [4.69, 9.17) is 5.11 Å². The van der Waals surface area contributed by atoms with Crippen LogP contribution in [0, 0.1) is 0 Å². The van der Waals surface area contributed by atoms with E-state index < -0.39 is 5.97 Å². The Balaban J connectivity index is 2.05. The van der Waals surface area contributed by atoms with Gasteiger partial charge in [0.25, 0.3) is 0 Å². The van der Waals surface area contributed by atoms with Crippen molar-refractivity contribution in [2.24, 2.45) is 0 Å². The summed E-state index contributed by atoms with van der Waals surface area (Å²) in [5.74, 6) is -1.06. The number of carboxylic acid groups (broad SMARTS) is 1. The van der Waals surface area contributed by atoms with Crippen LogP contribution in [0.25, 0.3) is 0 Å². The number of rotatable bonds is 5. The molecule has 18 heavy (non-hydrogen) atoms. The number of carboxylic acids is 1. The van der Waals surface area contributed by atoms with E-state index in [0.29, 0.717) is 11.7 Å². The second kappa shape index (κ2) is 5.08. The average Bonchev–Trinajstić information content (AvgIpc) is 3.12. The normalized spacial score (nSPS) is 14.1. The molecule has 0 bridgehead atoms. The zero-order valence-electron chi connectivity index (χ0n) is 10.2. The largest absolute Gasteiger partial charge is 0.478 e. The summed E-state index contributed by atoms with van der Waals surface area (Å²) in [7, 11) is 1.72. The molecule has 5 heteroatoms. The van der Waals surface area contributed by atoms with Crippen LogP contribution in [0.2, 0.25) is 0 Å². The lowest BCUT2D eigenvalue weighted by molar-refractivity contribution is -0.119. The number of benzene rings is 1. The second-order valence-electron chi connectivity index (χ2n) is 4.52. The quantitative estimate of drug-likeness (QED) is 0.818. The van der Waals surface area contributed by atoms with Gasteiger partial charge in [0.2, 0.25) is 5.91 Å². The van der Waals surface area contributed by atoms with Gasteiger partial charge in [-0.2, -0.15) is 0 Å². The molecule has 1 aromatic rings. The van der Waals surface area contributed by atoms with Gasteiger partial charge in [0.05, 0.1) is 17.8 Å². The lowest BCUT2D eigenvalue weighted by Gasteiger charge is -2.20. The van der Waals surface area contributed by atoms with Crippen molar-refractivity contribution >= 4 is 17.6 Å². The minimum atomic E-state index is -0.986. The molecule has 0 heterocycles. The molecule has 1 aromatic carbocycles. The van der Waals surface area contributed by atoms with E-state index in [1.807, 2.05) is 0 Å². The highest BCUT2D eigenvalue weighted by molar-refractivity contribution is 5.95. The first-order chi connectivity index (χ1) is 8.58. The monoisotopic (exact) mass is 248 g/mol. The van der Waals surface area contributed by atoms with Crippen LogP contribution in [0.5, 0.6) is 0 Å². The molecule has 0 unspecified atom stereocenters. The van der Waals surface area contributed by atoms with E-state index in [-0.39, 0.29) is 18.0 Å². The summed E-state index contributed by atoms with van der Waals surface area (Å²) in [5, 5.41) is 12.0. The third-order valence-corrected chi connectivity index (χ3v) is 2.87. The number of carbonyl (C=O) groups excluding carboxylic acids is 1. The first kappa shape index (κ1) is 12.4.